The molecule has 1 unspecified atom stereocenters. The molecular formula is C30H49Na2O4P. The first-order chi connectivity index (χ1) is 16.3. The van der Waals surface area contributed by atoms with E-state index in [2.05, 4.69) is 76.9 Å². The molecule has 0 saturated heterocycles. The summed E-state index contributed by atoms with van der Waals surface area (Å²) < 4.78 is 15.0. The van der Waals surface area contributed by atoms with Crippen LogP contribution in [0.25, 0.3) is 0 Å². The molecule has 1 atom stereocenters. The minimum atomic E-state index is -4.93. The molecule has 7 heteroatoms. The fourth-order valence-corrected chi connectivity index (χ4v) is 3.95. The van der Waals surface area contributed by atoms with Crippen molar-refractivity contribution in [2.24, 2.45) is 5.92 Å². The summed E-state index contributed by atoms with van der Waals surface area (Å²) in [6, 6.07) is 0. The summed E-state index contributed by atoms with van der Waals surface area (Å²) in [4.78, 5) is 21.3. The van der Waals surface area contributed by atoms with Crippen LogP contribution in [-0.4, -0.2) is 6.61 Å². The third kappa shape index (κ3) is 27.9. The largest absolute Gasteiger partial charge is 1.00 e. The first-order valence-corrected chi connectivity index (χ1v) is 14.3. The zero-order valence-electron chi connectivity index (χ0n) is 25.3. The Morgan fingerprint density at radius 3 is 1.68 bits per heavy atom. The summed E-state index contributed by atoms with van der Waals surface area (Å²) in [5, 5.41) is 0. The molecule has 0 bridgehead atoms. The van der Waals surface area contributed by atoms with Crippen LogP contribution in [0.1, 0.15) is 106 Å². The zero-order valence-corrected chi connectivity index (χ0v) is 30.2. The van der Waals surface area contributed by atoms with Crippen molar-refractivity contribution >= 4 is 7.82 Å². The van der Waals surface area contributed by atoms with E-state index in [0.717, 1.165) is 63.4 Å². The van der Waals surface area contributed by atoms with E-state index in [1.54, 1.807) is 6.08 Å². The summed E-state index contributed by atoms with van der Waals surface area (Å²) in [6.45, 7) is 19.1. The van der Waals surface area contributed by atoms with Crippen molar-refractivity contribution in [1.29, 1.82) is 0 Å². The maximum atomic E-state index is 10.7. The molecule has 0 rings (SSSR count). The van der Waals surface area contributed by atoms with Crippen molar-refractivity contribution in [2.75, 3.05) is 6.61 Å². The van der Waals surface area contributed by atoms with Crippen LogP contribution >= 0.6 is 7.82 Å². The number of rotatable bonds is 18. The van der Waals surface area contributed by atoms with Crippen LogP contribution in [0.3, 0.4) is 0 Å². The van der Waals surface area contributed by atoms with Crippen LogP contribution in [0.4, 0.5) is 0 Å². The zero-order chi connectivity index (χ0) is 26.9. The standard InChI is InChI=1S/C30H51O4P.2Na/c1-24(2)12-9-14-26(5)16-11-17-29(8)30(20-18-27(6)15-10-13-25(3)4)21-19-28(7)22-23-34-35(31,32)33;;/h12-13,16,18,22,30H,8-11,14-15,17,19-21,23H2,1-7H3,(H2,31,32,33);;/q;2*+1/p-2/b26-16+,27-18+,28-22+;;. The minimum absolute atomic E-state index is 0. The van der Waals surface area contributed by atoms with E-state index in [4.69, 9.17) is 0 Å². The number of hydrogen-bond acceptors (Lipinski definition) is 4. The second-order valence-electron chi connectivity index (χ2n) is 10.2. The van der Waals surface area contributed by atoms with Crippen molar-refractivity contribution in [1.82, 2.24) is 0 Å². The molecule has 0 spiro atoms. The van der Waals surface area contributed by atoms with Gasteiger partial charge >= 0.3 is 59.1 Å². The second-order valence-corrected chi connectivity index (χ2v) is 11.4. The van der Waals surface area contributed by atoms with Crippen molar-refractivity contribution < 1.29 is 78.0 Å². The minimum Gasteiger partial charge on any atom is -0.790 e. The van der Waals surface area contributed by atoms with Gasteiger partial charge in [0.1, 0.15) is 0 Å². The van der Waals surface area contributed by atoms with Gasteiger partial charge in [0.05, 0.1) is 14.4 Å². The van der Waals surface area contributed by atoms with Crippen molar-refractivity contribution in [3.05, 3.63) is 70.4 Å². The number of phosphoric acid groups is 1. The van der Waals surface area contributed by atoms with E-state index < -0.39 is 7.82 Å². The molecule has 200 valence electrons. The van der Waals surface area contributed by atoms with Crippen LogP contribution in [0.2, 0.25) is 0 Å². The van der Waals surface area contributed by atoms with Gasteiger partial charge in [0.15, 0.2) is 0 Å². The topological polar surface area (TPSA) is 72.4 Å². The summed E-state index contributed by atoms with van der Waals surface area (Å²) in [7, 11) is -4.93. The van der Waals surface area contributed by atoms with Crippen molar-refractivity contribution in [2.45, 2.75) is 106 Å². The second kappa shape index (κ2) is 24.4. The Labute approximate surface area is 272 Å². The average molecular weight is 551 g/mol. The molecule has 0 radical (unpaired) electrons. The Morgan fingerprint density at radius 1 is 0.730 bits per heavy atom. The Balaban J connectivity index is -0.00000578. The molecule has 0 fully saturated rings. The Hall–Kier alpha value is 0.550. The van der Waals surface area contributed by atoms with Crippen molar-refractivity contribution in [3.63, 3.8) is 0 Å². The van der Waals surface area contributed by atoms with Gasteiger partial charge in [-0.05, 0) is 112 Å². The average Bonchev–Trinajstić information content (AvgIpc) is 2.72. The Bertz CT molecular complexity index is 840. The van der Waals surface area contributed by atoms with Gasteiger partial charge in [0.25, 0.3) is 0 Å². The molecule has 0 aromatic heterocycles. The maximum absolute atomic E-state index is 10.7. The molecule has 0 amide bonds. The van der Waals surface area contributed by atoms with E-state index >= 15 is 0 Å². The van der Waals surface area contributed by atoms with E-state index in [0.29, 0.717) is 5.92 Å². The van der Waals surface area contributed by atoms with Gasteiger partial charge in [0, 0.05) is 0 Å². The molecule has 37 heavy (non-hydrogen) atoms. The molecule has 0 heterocycles. The molecule has 0 aliphatic carbocycles. The van der Waals surface area contributed by atoms with Gasteiger partial charge in [-0.25, -0.2) is 0 Å². The van der Waals surface area contributed by atoms with Crippen LogP contribution in [0.5, 0.6) is 0 Å². The smallest absolute Gasteiger partial charge is 0.790 e. The van der Waals surface area contributed by atoms with E-state index in [1.165, 1.54) is 27.9 Å². The molecule has 0 aliphatic heterocycles. The van der Waals surface area contributed by atoms with Crippen LogP contribution in [-0.2, 0) is 9.09 Å². The van der Waals surface area contributed by atoms with E-state index in [1.807, 2.05) is 6.92 Å². The first kappa shape index (κ1) is 42.0. The SMILES string of the molecule is C=C(CC/C=C(\C)CCC=C(C)C)C(C/C=C(\C)CCC=C(C)C)CC/C(C)=C/COP(=O)([O-])[O-].[Na+].[Na+]. The van der Waals surface area contributed by atoms with Gasteiger partial charge in [-0.15, -0.1) is 0 Å². The first-order valence-electron chi connectivity index (χ1n) is 12.9. The van der Waals surface area contributed by atoms with E-state index in [9.17, 15) is 14.4 Å². The molecule has 0 aliphatic rings. The van der Waals surface area contributed by atoms with Crippen LogP contribution < -0.4 is 68.9 Å². The predicted octanol–water partition coefficient (Wildman–Crippen LogP) is 2.29. The summed E-state index contributed by atoms with van der Waals surface area (Å²) in [5.41, 5.74) is 7.83. The molecule has 0 N–H and O–H groups in total. The predicted molar refractivity (Wildman–Crippen MR) is 148 cm³/mol. The number of phosphoric ester groups is 1. The van der Waals surface area contributed by atoms with Gasteiger partial charge < -0.3 is 18.9 Å². The molecule has 0 aromatic rings. The summed E-state index contributed by atoms with van der Waals surface area (Å²) >= 11 is 0. The van der Waals surface area contributed by atoms with Gasteiger partial charge in [0.2, 0.25) is 0 Å². The number of hydrogen-bond donors (Lipinski definition) is 0. The quantitative estimate of drug-likeness (QED) is 0.149. The third-order valence-corrected chi connectivity index (χ3v) is 6.49. The van der Waals surface area contributed by atoms with E-state index in [-0.39, 0.29) is 65.7 Å². The molecule has 0 aromatic carbocycles. The number of allylic oxidation sites excluding steroid dienone is 10. The Kier molecular flexibility index (Phi) is 27.7. The van der Waals surface area contributed by atoms with Crippen LogP contribution in [0, 0.1) is 5.92 Å². The Morgan fingerprint density at radius 2 is 1.19 bits per heavy atom. The van der Waals surface area contributed by atoms with Gasteiger partial charge in [-0.2, -0.15) is 0 Å². The van der Waals surface area contributed by atoms with Gasteiger partial charge in [-0.3, -0.25) is 0 Å². The molecular weight excluding hydrogens is 501 g/mol. The molecule has 0 saturated carbocycles. The summed E-state index contributed by atoms with van der Waals surface area (Å²) in [5.74, 6) is 0.363. The van der Waals surface area contributed by atoms with Crippen molar-refractivity contribution in [3.8, 4) is 0 Å². The van der Waals surface area contributed by atoms with Crippen LogP contribution in [0.15, 0.2) is 70.4 Å². The molecule has 4 nitrogen and oxygen atoms in total. The fraction of sp³-hybridized carbons (Fsp3) is 0.600. The summed E-state index contributed by atoms with van der Waals surface area (Å²) in [6.07, 6.45) is 19.9. The third-order valence-electron chi connectivity index (χ3n) is 6.02. The fourth-order valence-electron chi connectivity index (χ4n) is 3.70. The van der Waals surface area contributed by atoms with Gasteiger partial charge in [-0.1, -0.05) is 70.4 Å². The normalized spacial score (nSPS) is 13.3. The monoisotopic (exact) mass is 550 g/mol. The maximum Gasteiger partial charge on any atom is 1.00 e.